The lowest BCUT2D eigenvalue weighted by molar-refractivity contribution is -0.116. The number of anilines is 2. The standard InChI is InChI=1S/C26H23N3O3/c1-18(30)29-13-3-6-21-15-23(9-12-25(21)29)28-26(31)22-5-2-4-20(14-22)17-32-24-10-7-19(16-27)8-11-24/h2,4-5,7-12,14-15H,3,6,13,17H2,1H3,(H,28,31). The van der Waals surface area contributed by atoms with E-state index in [2.05, 4.69) is 11.4 Å². The number of hydrogen-bond acceptors (Lipinski definition) is 4. The molecule has 0 aromatic heterocycles. The Bertz CT molecular complexity index is 1200. The van der Waals surface area contributed by atoms with Gasteiger partial charge in [-0.05, 0) is 78.6 Å². The molecule has 6 nitrogen and oxygen atoms in total. The predicted octanol–water partition coefficient (Wildman–Crippen LogP) is 4.69. The molecule has 0 atom stereocenters. The zero-order valence-corrected chi connectivity index (χ0v) is 17.8. The Morgan fingerprint density at radius 3 is 2.66 bits per heavy atom. The SMILES string of the molecule is CC(=O)N1CCCc2cc(NC(=O)c3cccc(COc4ccc(C#N)cc4)c3)ccc21. The third-order valence-electron chi connectivity index (χ3n) is 5.41. The van der Waals surface area contributed by atoms with Crippen LogP contribution in [0.15, 0.2) is 66.7 Å². The van der Waals surface area contributed by atoms with Crippen molar-refractivity contribution in [2.24, 2.45) is 0 Å². The van der Waals surface area contributed by atoms with Crippen LogP contribution in [0.3, 0.4) is 0 Å². The number of nitriles is 1. The summed E-state index contributed by atoms with van der Waals surface area (Å²) < 4.78 is 5.76. The van der Waals surface area contributed by atoms with Gasteiger partial charge in [-0.3, -0.25) is 9.59 Å². The summed E-state index contributed by atoms with van der Waals surface area (Å²) in [6.45, 7) is 2.61. The van der Waals surface area contributed by atoms with Gasteiger partial charge in [0.1, 0.15) is 12.4 Å². The number of fused-ring (bicyclic) bond motifs is 1. The minimum atomic E-state index is -0.204. The van der Waals surface area contributed by atoms with E-state index in [-0.39, 0.29) is 11.8 Å². The number of carbonyl (C=O) groups excluding carboxylic acids is 2. The molecular weight excluding hydrogens is 402 g/mol. The molecule has 1 aliphatic rings. The predicted molar refractivity (Wildman–Crippen MR) is 123 cm³/mol. The maximum atomic E-state index is 12.8. The van der Waals surface area contributed by atoms with Crippen molar-refractivity contribution in [2.45, 2.75) is 26.4 Å². The van der Waals surface area contributed by atoms with E-state index in [9.17, 15) is 9.59 Å². The van der Waals surface area contributed by atoms with E-state index in [1.165, 1.54) is 0 Å². The zero-order valence-electron chi connectivity index (χ0n) is 17.8. The van der Waals surface area contributed by atoms with Gasteiger partial charge < -0.3 is 15.0 Å². The second-order valence-corrected chi connectivity index (χ2v) is 7.70. The van der Waals surface area contributed by atoms with Gasteiger partial charge in [-0.1, -0.05) is 12.1 Å². The number of rotatable bonds is 5. The molecule has 160 valence electrons. The van der Waals surface area contributed by atoms with Gasteiger partial charge in [-0.25, -0.2) is 0 Å². The molecule has 0 spiro atoms. The molecule has 0 radical (unpaired) electrons. The minimum Gasteiger partial charge on any atom is -0.489 e. The van der Waals surface area contributed by atoms with Gasteiger partial charge in [0.05, 0.1) is 11.6 Å². The van der Waals surface area contributed by atoms with Gasteiger partial charge in [0, 0.05) is 30.4 Å². The van der Waals surface area contributed by atoms with Crippen molar-refractivity contribution in [3.63, 3.8) is 0 Å². The lowest BCUT2D eigenvalue weighted by Crippen LogP contribution is -2.33. The average Bonchev–Trinajstić information content (AvgIpc) is 2.82. The van der Waals surface area contributed by atoms with E-state index in [1.54, 1.807) is 48.2 Å². The van der Waals surface area contributed by atoms with E-state index in [0.717, 1.165) is 36.2 Å². The quantitative estimate of drug-likeness (QED) is 0.643. The highest BCUT2D eigenvalue weighted by Gasteiger charge is 2.20. The van der Waals surface area contributed by atoms with Crippen molar-refractivity contribution >= 4 is 23.2 Å². The number of benzene rings is 3. The molecule has 0 bridgehead atoms. The zero-order chi connectivity index (χ0) is 22.5. The molecule has 2 amide bonds. The summed E-state index contributed by atoms with van der Waals surface area (Å²) in [7, 11) is 0. The van der Waals surface area contributed by atoms with Crippen LogP contribution < -0.4 is 15.0 Å². The topological polar surface area (TPSA) is 82.4 Å². The van der Waals surface area contributed by atoms with Crippen LogP contribution in [-0.2, 0) is 17.8 Å². The Balaban J connectivity index is 1.42. The van der Waals surface area contributed by atoms with Gasteiger partial charge in [-0.15, -0.1) is 0 Å². The van der Waals surface area contributed by atoms with Crippen LogP contribution in [0, 0.1) is 11.3 Å². The van der Waals surface area contributed by atoms with E-state index in [4.69, 9.17) is 10.00 Å². The Hall–Kier alpha value is -4.11. The van der Waals surface area contributed by atoms with Crippen molar-refractivity contribution in [1.29, 1.82) is 5.26 Å². The molecular formula is C26H23N3O3. The summed E-state index contributed by atoms with van der Waals surface area (Å²) >= 11 is 0. The normalized spacial score (nSPS) is 12.4. The molecule has 1 heterocycles. The summed E-state index contributed by atoms with van der Waals surface area (Å²) in [6.07, 6.45) is 1.79. The minimum absolute atomic E-state index is 0.0303. The van der Waals surface area contributed by atoms with Crippen molar-refractivity contribution < 1.29 is 14.3 Å². The van der Waals surface area contributed by atoms with Crippen LogP contribution in [-0.4, -0.2) is 18.4 Å². The number of nitrogens with zero attached hydrogens (tertiary/aromatic N) is 2. The van der Waals surface area contributed by atoms with Crippen LogP contribution in [0.2, 0.25) is 0 Å². The third kappa shape index (κ3) is 4.79. The van der Waals surface area contributed by atoms with E-state index < -0.39 is 0 Å². The first-order valence-electron chi connectivity index (χ1n) is 10.5. The fraction of sp³-hybridized carbons (Fsp3) is 0.192. The molecule has 1 aliphatic heterocycles. The van der Waals surface area contributed by atoms with Crippen LogP contribution in [0.4, 0.5) is 11.4 Å². The Morgan fingerprint density at radius 1 is 1.09 bits per heavy atom. The number of aryl methyl sites for hydroxylation is 1. The van der Waals surface area contributed by atoms with Gasteiger partial charge in [0.2, 0.25) is 5.91 Å². The van der Waals surface area contributed by atoms with Crippen molar-refractivity contribution in [3.05, 3.63) is 89.0 Å². The van der Waals surface area contributed by atoms with Gasteiger partial charge in [-0.2, -0.15) is 5.26 Å². The lowest BCUT2D eigenvalue weighted by Gasteiger charge is -2.29. The summed E-state index contributed by atoms with van der Waals surface area (Å²) in [6, 6.07) is 21.9. The molecule has 0 saturated carbocycles. The van der Waals surface area contributed by atoms with Gasteiger partial charge in [0.15, 0.2) is 0 Å². The second kappa shape index (κ2) is 9.36. The Kier molecular flexibility index (Phi) is 6.18. The van der Waals surface area contributed by atoms with Gasteiger partial charge >= 0.3 is 0 Å². The largest absolute Gasteiger partial charge is 0.489 e. The van der Waals surface area contributed by atoms with E-state index in [1.807, 2.05) is 30.3 Å². The molecule has 6 heteroatoms. The van der Waals surface area contributed by atoms with Crippen LogP contribution in [0.25, 0.3) is 0 Å². The highest BCUT2D eigenvalue weighted by atomic mass is 16.5. The third-order valence-corrected chi connectivity index (χ3v) is 5.41. The van der Waals surface area contributed by atoms with Crippen LogP contribution in [0.5, 0.6) is 5.75 Å². The lowest BCUT2D eigenvalue weighted by atomic mass is 10.0. The van der Waals surface area contributed by atoms with E-state index in [0.29, 0.717) is 29.2 Å². The first-order chi connectivity index (χ1) is 15.5. The number of carbonyl (C=O) groups is 2. The molecule has 3 aromatic carbocycles. The number of nitrogens with one attached hydrogen (secondary N) is 1. The number of hydrogen-bond donors (Lipinski definition) is 1. The number of amides is 2. The summed E-state index contributed by atoms with van der Waals surface area (Å²) in [5.41, 5.74) is 4.67. The fourth-order valence-corrected chi connectivity index (χ4v) is 3.80. The maximum absolute atomic E-state index is 12.8. The Morgan fingerprint density at radius 2 is 1.91 bits per heavy atom. The average molecular weight is 425 g/mol. The summed E-state index contributed by atoms with van der Waals surface area (Å²) in [5, 5.41) is 11.8. The first kappa shape index (κ1) is 21.1. The molecule has 0 aliphatic carbocycles. The fourth-order valence-electron chi connectivity index (χ4n) is 3.80. The Labute approximate surface area is 187 Å². The van der Waals surface area contributed by atoms with Crippen LogP contribution >= 0.6 is 0 Å². The molecule has 4 rings (SSSR count). The smallest absolute Gasteiger partial charge is 0.255 e. The molecule has 0 saturated heterocycles. The monoisotopic (exact) mass is 425 g/mol. The van der Waals surface area contributed by atoms with E-state index >= 15 is 0 Å². The maximum Gasteiger partial charge on any atom is 0.255 e. The second-order valence-electron chi connectivity index (χ2n) is 7.70. The van der Waals surface area contributed by atoms with Crippen LogP contribution in [0.1, 0.15) is 40.4 Å². The molecule has 32 heavy (non-hydrogen) atoms. The molecule has 0 fully saturated rings. The van der Waals surface area contributed by atoms with Crippen molar-refractivity contribution in [3.8, 4) is 11.8 Å². The van der Waals surface area contributed by atoms with Crippen molar-refractivity contribution in [1.82, 2.24) is 0 Å². The van der Waals surface area contributed by atoms with Gasteiger partial charge in [0.25, 0.3) is 5.91 Å². The molecule has 0 unspecified atom stereocenters. The van der Waals surface area contributed by atoms with Crippen molar-refractivity contribution in [2.75, 3.05) is 16.8 Å². The highest BCUT2D eigenvalue weighted by Crippen LogP contribution is 2.30. The molecule has 3 aromatic rings. The summed E-state index contributed by atoms with van der Waals surface area (Å²) in [5.74, 6) is 0.486. The highest BCUT2D eigenvalue weighted by molar-refractivity contribution is 6.04. The first-order valence-corrected chi connectivity index (χ1v) is 10.5. The summed E-state index contributed by atoms with van der Waals surface area (Å²) in [4.78, 5) is 26.4. The number of ether oxygens (including phenoxy) is 1. The molecule has 1 N–H and O–H groups in total.